The Balaban J connectivity index is 1.79. The first-order chi connectivity index (χ1) is 9.16. The van der Waals surface area contributed by atoms with E-state index in [1.54, 1.807) is 25.1 Å². The normalized spacial score (nSPS) is 17.4. The number of carbonyl (C=O) groups is 1. The van der Waals surface area contributed by atoms with Gasteiger partial charge in [0.15, 0.2) is 0 Å². The SMILES string of the molecule is CC(NC(=O)CNC1CCCC1)c1ccccc1F. The standard InChI is InChI=1S/C15H21FN2O/c1-11(13-8-4-5-9-14(13)16)18-15(19)10-17-12-6-2-3-7-12/h4-5,8-9,11-12,17H,2-3,6-7,10H2,1H3,(H,18,19). The van der Waals surface area contributed by atoms with E-state index < -0.39 is 0 Å². The van der Waals surface area contributed by atoms with Gasteiger partial charge in [-0.2, -0.15) is 0 Å². The minimum Gasteiger partial charge on any atom is -0.348 e. The zero-order valence-corrected chi connectivity index (χ0v) is 11.3. The smallest absolute Gasteiger partial charge is 0.234 e. The molecule has 0 radical (unpaired) electrons. The van der Waals surface area contributed by atoms with E-state index in [0.29, 0.717) is 18.2 Å². The highest BCUT2D eigenvalue weighted by Crippen LogP contribution is 2.18. The molecule has 1 aliphatic carbocycles. The number of hydrogen-bond donors (Lipinski definition) is 2. The van der Waals surface area contributed by atoms with Crippen molar-refractivity contribution in [3.8, 4) is 0 Å². The Labute approximate surface area is 113 Å². The average molecular weight is 264 g/mol. The van der Waals surface area contributed by atoms with Crippen LogP contribution in [0.1, 0.15) is 44.2 Å². The third-order valence-corrected chi connectivity index (χ3v) is 3.66. The van der Waals surface area contributed by atoms with Crippen molar-refractivity contribution in [1.29, 1.82) is 0 Å². The van der Waals surface area contributed by atoms with E-state index >= 15 is 0 Å². The van der Waals surface area contributed by atoms with Crippen LogP contribution in [-0.4, -0.2) is 18.5 Å². The highest BCUT2D eigenvalue weighted by molar-refractivity contribution is 5.78. The molecule has 2 N–H and O–H groups in total. The first-order valence-electron chi connectivity index (χ1n) is 6.94. The molecule has 0 saturated heterocycles. The second kappa shape index (κ2) is 6.66. The second-order valence-corrected chi connectivity index (χ2v) is 5.17. The molecule has 1 atom stereocenters. The van der Waals surface area contributed by atoms with Gasteiger partial charge in [-0.15, -0.1) is 0 Å². The van der Waals surface area contributed by atoms with Gasteiger partial charge in [-0.25, -0.2) is 4.39 Å². The van der Waals surface area contributed by atoms with E-state index in [4.69, 9.17) is 0 Å². The van der Waals surface area contributed by atoms with Crippen molar-refractivity contribution in [1.82, 2.24) is 10.6 Å². The summed E-state index contributed by atoms with van der Waals surface area (Å²) in [6.45, 7) is 2.11. The molecule has 0 aliphatic heterocycles. The molecule has 0 heterocycles. The lowest BCUT2D eigenvalue weighted by Gasteiger charge is -2.17. The fraction of sp³-hybridized carbons (Fsp3) is 0.533. The van der Waals surface area contributed by atoms with Crippen molar-refractivity contribution in [2.45, 2.75) is 44.7 Å². The molecule has 1 saturated carbocycles. The molecule has 1 aromatic rings. The molecule has 4 heteroatoms. The van der Waals surface area contributed by atoms with E-state index in [2.05, 4.69) is 10.6 Å². The number of benzene rings is 1. The Morgan fingerprint density at radius 1 is 1.37 bits per heavy atom. The summed E-state index contributed by atoms with van der Waals surface area (Å²) in [4.78, 5) is 11.8. The Bertz CT molecular complexity index is 430. The highest BCUT2D eigenvalue weighted by Gasteiger charge is 2.17. The molecule has 1 fully saturated rings. The lowest BCUT2D eigenvalue weighted by Crippen LogP contribution is -2.39. The maximum absolute atomic E-state index is 13.6. The van der Waals surface area contributed by atoms with Crippen molar-refractivity contribution < 1.29 is 9.18 Å². The lowest BCUT2D eigenvalue weighted by atomic mass is 10.1. The third kappa shape index (κ3) is 4.03. The second-order valence-electron chi connectivity index (χ2n) is 5.17. The fourth-order valence-electron chi connectivity index (χ4n) is 2.56. The van der Waals surface area contributed by atoms with Crippen molar-refractivity contribution >= 4 is 5.91 Å². The van der Waals surface area contributed by atoms with Crippen molar-refractivity contribution in [2.75, 3.05) is 6.54 Å². The number of carbonyl (C=O) groups excluding carboxylic acids is 1. The quantitative estimate of drug-likeness (QED) is 0.858. The molecule has 0 aromatic heterocycles. The van der Waals surface area contributed by atoms with Gasteiger partial charge in [0, 0.05) is 11.6 Å². The predicted molar refractivity (Wildman–Crippen MR) is 73.2 cm³/mol. The summed E-state index contributed by atoms with van der Waals surface area (Å²) in [6, 6.07) is 6.69. The minimum atomic E-state index is -0.306. The zero-order chi connectivity index (χ0) is 13.7. The average Bonchev–Trinajstić information content (AvgIpc) is 2.90. The van der Waals surface area contributed by atoms with Crippen LogP contribution in [0.15, 0.2) is 24.3 Å². The van der Waals surface area contributed by atoms with Crippen LogP contribution in [0.5, 0.6) is 0 Å². The van der Waals surface area contributed by atoms with Crippen LogP contribution in [0, 0.1) is 5.82 Å². The fourth-order valence-corrected chi connectivity index (χ4v) is 2.56. The molecule has 104 valence electrons. The van der Waals surface area contributed by atoms with Gasteiger partial charge in [0.05, 0.1) is 12.6 Å². The Morgan fingerprint density at radius 2 is 2.05 bits per heavy atom. The highest BCUT2D eigenvalue weighted by atomic mass is 19.1. The first kappa shape index (κ1) is 14.0. The van der Waals surface area contributed by atoms with E-state index in [-0.39, 0.29) is 17.8 Å². The molecule has 0 bridgehead atoms. The number of amides is 1. The summed E-state index contributed by atoms with van der Waals surface area (Å²) in [5.41, 5.74) is 0.525. The molecule has 0 spiro atoms. The molecular formula is C15H21FN2O. The van der Waals surface area contributed by atoms with Gasteiger partial charge in [0.2, 0.25) is 5.91 Å². The van der Waals surface area contributed by atoms with E-state index in [1.807, 2.05) is 0 Å². The zero-order valence-electron chi connectivity index (χ0n) is 11.3. The summed E-state index contributed by atoms with van der Waals surface area (Å²) in [5, 5.41) is 6.07. The molecule has 19 heavy (non-hydrogen) atoms. The van der Waals surface area contributed by atoms with Gasteiger partial charge in [0.1, 0.15) is 5.82 Å². The van der Waals surface area contributed by atoms with Gasteiger partial charge in [-0.05, 0) is 25.8 Å². The van der Waals surface area contributed by atoms with E-state index in [0.717, 1.165) is 12.8 Å². The van der Waals surface area contributed by atoms with Crippen LogP contribution < -0.4 is 10.6 Å². The van der Waals surface area contributed by atoms with Gasteiger partial charge in [-0.3, -0.25) is 4.79 Å². The molecular weight excluding hydrogens is 243 g/mol. The summed E-state index contributed by atoms with van der Waals surface area (Å²) in [6.07, 6.45) is 4.78. The number of rotatable bonds is 5. The Kier molecular flexibility index (Phi) is 4.91. The summed E-state index contributed by atoms with van der Waals surface area (Å²) < 4.78 is 13.6. The molecule has 3 nitrogen and oxygen atoms in total. The maximum Gasteiger partial charge on any atom is 0.234 e. The largest absolute Gasteiger partial charge is 0.348 e. The van der Waals surface area contributed by atoms with Crippen LogP contribution in [-0.2, 0) is 4.79 Å². The predicted octanol–water partition coefficient (Wildman–Crippen LogP) is 2.54. The Morgan fingerprint density at radius 3 is 2.74 bits per heavy atom. The van der Waals surface area contributed by atoms with Crippen LogP contribution in [0.3, 0.4) is 0 Å². The summed E-state index contributed by atoms with van der Waals surface area (Å²) >= 11 is 0. The van der Waals surface area contributed by atoms with Crippen molar-refractivity contribution in [3.63, 3.8) is 0 Å². The van der Waals surface area contributed by atoms with Crippen LogP contribution >= 0.6 is 0 Å². The molecule has 2 rings (SSSR count). The van der Waals surface area contributed by atoms with Crippen LogP contribution in [0.4, 0.5) is 4.39 Å². The third-order valence-electron chi connectivity index (χ3n) is 3.66. The van der Waals surface area contributed by atoms with Gasteiger partial charge >= 0.3 is 0 Å². The Hall–Kier alpha value is -1.42. The maximum atomic E-state index is 13.6. The van der Waals surface area contributed by atoms with E-state index in [9.17, 15) is 9.18 Å². The lowest BCUT2D eigenvalue weighted by molar-refractivity contribution is -0.121. The number of halogens is 1. The van der Waals surface area contributed by atoms with Gasteiger partial charge in [-0.1, -0.05) is 31.0 Å². The van der Waals surface area contributed by atoms with E-state index in [1.165, 1.54) is 18.9 Å². The van der Waals surface area contributed by atoms with Crippen LogP contribution in [0.2, 0.25) is 0 Å². The topological polar surface area (TPSA) is 41.1 Å². The summed E-state index contributed by atoms with van der Waals surface area (Å²) in [5.74, 6) is -0.360. The number of hydrogen-bond acceptors (Lipinski definition) is 2. The van der Waals surface area contributed by atoms with Crippen molar-refractivity contribution in [3.05, 3.63) is 35.6 Å². The van der Waals surface area contributed by atoms with Gasteiger partial charge < -0.3 is 10.6 Å². The van der Waals surface area contributed by atoms with Crippen LogP contribution in [0.25, 0.3) is 0 Å². The monoisotopic (exact) mass is 264 g/mol. The van der Waals surface area contributed by atoms with Crippen molar-refractivity contribution in [2.24, 2.45) is 0 Å². The van der Waals surface area contributed by atoms with Gasteiger partial charge in [0.25, 0.3) is 0 Å². The molecule has 1 amide bonds. The molecule has 1 unspecified atom stereocenters. The number of nitrogens with one attached hydrogen (secondary N) is 2. The summed E-state index contributed by atoms with van der Waals surface area (Å²) in [7, 11) is 0. The minimum absolute atomic E-state index is 0.0809. The molecule has 1 aromatic carbocycles. The first-order valence-corrected chi connectivity index (χ1v) is 6.94. The molecule has 1 aliphatic rings.